The van der Waals surface area contributed by atoms with Crippen molar-refractivity contribution in [3.8, 4) is 11.4 Å². The van der Waals surface area contributed by atoms with Gasteiger partial charge < -0.3 is 5.73 Å². The van der Waals surface area contributed by atoms with Gasteiger partial charge in [-0.05, 0) is 48.5 Å². The average Bonchev–Trinajstić information content (AvgIpc) is 3.09. The number of nitrogens with two attached hydrogens (primary N) is 1. The molecular formula is C19H14ClN5O3S. The van der Waals surface area contributed by atoms with E-state index in [4.69, 9.17) is 17.3 Å². The summed E-state index contributed by atoms with van der Waals surface area (Å²) in [4.78, 5) is 20.4. The van der Waals surface area contributed by atoms with Crippen molar-refractivity contribution in [2.45, 2.75) is 5.03 Å². The molecule has 2 aromatic carbocycles. The zero-order chi connectivity index (χ0) is 20.6. The molecule has 0 fully saturated rings. The number of para-hydroxylation sites is 2. The van der Waals surface area contributed by atoms with Gasteiger partial charge in [0.2, 0.25) is 0 Å². The van der Waals surface area contributed by atoms with Gasteiger partial charge in [-0.15, -0.1) is 0 Å². The van der Waals surface area contributed by atoms with Gasteiger partial charge >= 0.3 is 6.03 Å². The van der Waals surface area contributed by atoms with Crippen molar-refractivity contribution in [1.29, 1.82) is 0 Å². The summed E-state index contributed by atoms with van der Waals surface area (Å²) in [6.45, 7) is 0. The predicted octanol–water partition coefficient (Wildman–Crippen LogP) is 3.48. The molecule has 0 aliphatic carbocycles. The molecule has 0 spiro atoms. The number of aromatic nitrogens is 3. The number of nitrogens with zero attached hydrogens (tertiary/aromatic N) is 3. The number of nitrogens with one attached hydrogen (secondary N) is 1. The van der Waals surface area contributed by atoms with Crippen LogP contribution < -0.4 is 10.5 Å². The number of primary amides is 1. The van der Waals surface area contributed by atoms with Crippen LogP contribution in [-0.2, 0) is 10.0 Å². The highest BCUT2D eigenvalue weighted by Crippen LogP contribution is 2.25. The van der Waals surface area contributed by atoms with Crippen LogP contribution in [0, 0.1) is 0 Å². The second kappa shape index (κ2) is 7.19. The minimum absolute atomic E-state index is 0.182. The number of fused-ring (bicyclic) bond motifs is 1. The molecule has 1 amide bonds. The van der Waals surface area contributed by atoms with Crippen LogP contribution in [0.15, 0.2) is 71.9 Å². The highest BCUT2D eigenvalue weighted by molar-refractivity contribution is 7.92. The van der Waals surface area contributed by atoms with Crippen molar-refractivity contribution in [3.05, 3.63) is 71.9 Å². The number of rotatable bonds is 4. The van der Waals surface area contributed by atoms with Crippen LogP contribution in [0.5, 0.6) is 0 Å². The van der Waals surface area contributed by atoms with E-state index < -0.39 is 16.1 Å². The zero-order valence-electron chi connectivity index (χ0n) is 14.8. The maximum Gasteiger partial charge on any atom is 0.325 e. The lowest BCUT2D eigenvalue weighted by Gasteiger charge is -2.08. The van der Waals surface area contributed by atoms with E-state index in [1.54, 1.807) is 48.5 Å². The standard InChI is InChI=1S/C19H14ClN5O3S/c20-13-6-8-14(9-7-13)24-29(27,28)17-10-5-12(11-22-17)18-23-15-3-1-2-4-16(15)25(18)19(21)26/h1-11,24H,(H2,21,26). The van der Waals surface area contributed by atoms with Crippen molar-refractivity contribution in [1.82, 2.24) is 14.5 Å². The predicted molar refractivity (Wildman–Crippen MR) is 110 cm³/mol. The van der Waals surface area contributed by atoms with E-state index in [1.165, 1.54) is 22.9 Å². The van der Waals surface area contributed by atoms with Crippen LogP contribution in [0.2, 0.25) is 5.02 Å². The van der Waals surface area contributed by atoms with E-state index >= 15 is 0 Å². The fourth-order valence-corrected chi connectivity index (χ4v) is 3.96. The van der Waals surface area contributed by atoms with Crippen molar-refractivity contribution >= 4 is 44.4 Å². The number of sulfonamides is 1. The number of amides is 1. The van der Waals surface area contributed by atoms with Gasteiger partial charge in [0.25, 0.3) is 10.0 Å². The quantitative estimate of drug-likeness (QED) is 0.516. The van der Waals surface area contributed by atoms with Crippen molar-refractivity contribution in [3.63, 3.8) is 0 Å². The first-order valence-corrected chi connectivity index (χ1v) is 10.2. The molecule has 0 bridgehead atoms. The molecule has 0 saturated heterocycles. The van der Waals surface area contributed by atoms with Gasteiger partial charge in [0, 0.05) is 22.5 Å². The minimum atomic E-state index is -3.90. The Labute approximate surface area is 171 Å². The number of imidazole rings is 1. The van der Waals surface area contributed by atoms with Gasteiger partial charge in [-0.25, -0.2) is 19.3 Å². The molecule has 29 heavy (non-hydrogen) atoms. The monoisotopic (exact) mass is 427 g/mol. The average molecular weight is 428 g/mol. The highest BCUT2D eigenvalue weighted by atomic mass is 35.5. The van der Waals surface area contributed by atoms with Crippen molar-refractivity contribution in [2.75, 3.05) is 4.72 Å². The summed E-state index contributed by atoms with van der Waals surface area (Å²) < 4.78 is 28.8. The summed E-state index contributed by atoms with van der Waals surface area (Å²) in [5, 5.41) is 0.311. The van der Waals surface area contributed by atoms with E-state index in [0.717, 1.165) is 0 Å². The Morgan fingerprint density at radius 2 is 1.76 bits per heavy atom. The molecule has 0 radical (unpaired) electrons. The van der Waals surface area contributed by atoms with Gasteiger partial charge in [0.05, 0.1) is 11.0 Å². The highest BCUT2D eigenvalue weighted by Gasteiger charge is 2.19. The Bertz CT molecular complexity index is 1320. The van der Waals surface area contributed by atoms with Gasteiger partial charge in [-0.1, -0.05) is 23.7 Å². The first-order valence-electron chi connectivity index (χ1n) is 8.37. The van der Waals surface area contributed by atoms with Crippen molar-refractivity contribution in [2.24, 2.45) is 5.73 Å². The summed E-state index contributed by atoms with van der Waals surface area (Å²) >= 11 is 5.81. The Kier molecular flexibility index (Phi) is 4.69. The molecular weight excluding hydrogens is 414 g/mol. The smallest absolute Gasteiger partial charge is 0.325 e. The number of hydrogen-bond acceptors (Lipinski definition) is 5. The normalized spacial score (nSPS) is 11.5. The van der Waals surface area contributed by atoms with Crippen molar-refractivity contribution < 1.29 is 13.2 Å². The molecule has 2 heterocycles. The van der Waals surface area contributed by atoms with Crippen LogP contribution in [0.1, 0.15) is 0 Å². The number of anilines is 1. The molecule has 146 valence electrons. The molecule has 8 nitrogen and oxygen atoms in total. The summed E-state index contributed by atoms with van der Waals surface area (Å²) in [7, 11) is -3.90. The zero-order valence-corrected chi connectivity index (χ0v) is 16.4. The summed E-state index contributed by atoms with van der Waals surface area (Å²) in [5.41, 5.74) is 7.45. The summed E-state index contributed by atoms with van der Waals surface area (Å²) in [6, 6.07) is 15.4. The molecule has 0 aliphatic rings. The SMILES string of the molecule is NC(=O)n1c(-c2ccc(S(=O)(=O)Nc3ccc(Cl)cc3)nc2)nc2ccccc21. The van der Waals surface area contributed by atoms with E-state index in [1.807, 2.05) is 0 Å². The summed E-state index contributed by atoms with van der Waals surface area (Å²) in [6.07, 6.45) is 1.33. The molecule has 0 saturated carbocycles. The lowest BCUT2D eigenvalue weighted by molar-refractivity contribution is 0.251. The lowest BCUT2D eigenvalue weighted by Crippen LogP contribution is -2.20. The minimum Gasteiger partial charge on any atom is -0.351 e. The van der Waals surface area contributed by atoms with Gasteiger partial charge in [0.15, 0.2) is 10.9 Å². The third kappa shape index (κ3) is 3.65. The molecule has 0 unspecified atom stereocenters. The molecule has 10 heteroatoms. The second-order valence-electron chi connectivity index (χ2n) is 6.10. The molecule has 0 aliphatic heterocycles. The third-order valence-electron chi connectivity index (χ3n) is 4.15. The van der Waals surface area contributed by atoms with Crippen LogP contribution >= 0.6 is 11.6 Å². The van der Waals surface area contributed by atoms with Crippen LogP contribution in [-0.4, -0.2) is 29.0 Å². The number of carbonyl (C=O) groups is 1. The van der Waals surface area contributed by atoms with Gasteiger partial charge in [-0.3, -0.25) is 4.72 Å². The van der Waals surface area contributed by atoms with Gasteiger partial charge in [-0.2, -0.15) is 8.42 Å². The van der Waals surface area contributed by atoms with E-state index in [-0.39, 0.29) is 10.9 Å². The molecule has 4 aromatic rings. The molecule has 3 N–H and O–H groups in total. The first-order chi connectivity index (χ1) is 13.8. The van der Waals surface area contributed by atoms with E-state index in [2.05, 4.69) is 14.7 Å². The van der Waals surface area contributed by atoms with E-state index in [0.29, 0.717) is 27.3 Å². The van der Waals surface area contributed by atoms with Crippen LogP contribution in [0.4, 0.5) is 10.5 Å². The maximum absolute atomic E-state index is 12.5. The fourth-order valence-electron chi connectivity index (χ4n) is 2.84. The van der Waals surface area contributed by atoms with E-state index in [9.17, 15) is 13.2 Å². The number of halogens is 1. The van der Waals surface area contributed by atoms with Crippen LogP contribution in [0.3, 0.4) is 0 Å². The summed E-state index contributed by atoms with van der Waals surface area (Å²) in [5.74, 6) is 0.279. The largest absolute Gasteiger partial charge is 0.351 e. The lowest BCUT2D eigenvalue weighted by atomic mass is 10.3. The molecule has 4 rings (SSSR count). The third-order valence-corrected chi connectivity index (χ3v) is 5.70. The number of benzene rings is 2. The fraction of sp³-hybridized carbons (Fsp3) is 0. The number of pyridine rings is 1. The number of carbonyl (C=O) groups excluding carboxylic acids is 1. The Morgan fingerprint density at radius 1 is 1.03 bits per heavy atom. The Hall–Kier alpha value is -3.43. The second-order valence-corrected chi connectivity index (χ2v) is 8.16. The molecule has 0 atom stereocenters. The molecule has 2 aromatic heterocycles. The Balaban J connectivity index is 1.69. The first kappa shape index (κ1) is 18.9. The number of hydrogen-bond donors (Lipinski definition) is 2. The maximum atomic E-state index is 12.5. The topological polar surface area (TPSA) is 120 Å². The van der Waals surface area contributed by atoms with Gasteiger partial charge in [0.1, 0.15) is 0 Å². The van der Waals surface area contributed by atoms with Crippen LogP contribution in [0.25, 0.3) is 22.4 Å². The Morgan fingerprint density at radius 3 is 2.41 bits per heavy atom.